The third-order valence-electron chi connectivity index (χ3n) is 7.53. The largest absolute Gasteiger partial charge is 0.416 e. The maximum atomic E-state index is 14.3. The number of amides is 3. The SMILES string of the molecule is C#CC(=O)N[C@H](C)c1nn(-c2ccccc2)c2c1[C@H](c1ccc(F)cc1)[C@H](NC(=O)c1cccc(C(F)(F)F)c1)C(=O)N2CC. The molecule has 8 nitrogen and oxygen atoms in total. The van der Waals surface area contributed by atoms with Crippen LogP contribution in [0.25, 0.3) is 5.69 Å². The molecule has 0 spiro atoms. The van der Waals surface area contributed by atoms with Gasteiger partial charge in [0.1, 0.15) is 17.7 Å². The van der Waals surface area contributed by atoms with Crippen molar-refractivity contribution in [1.82, 2.24) is 20.4 Å². The summed E-state index contributed by atoms with van der Waals surface area (Å²) in [5.41, 5.74) is 0.426. The Morgan fingerprint density at radius 2 is 1.73 bits per heavy atom. The van der Waals surface area contributed by atoms with E-state index in [2.05, 4.69) is 10.6 Å². The standard InChI is InChI=1S/C33H27F4N5O3/c1-4-25(43)38-19(3)28-27-26(20-14-16-23(34)17-15-20)29(39-30(44)21-10-9-11-22(18-21)33(35,36)37)32(45)41(5-2)31(27)42(40-28)24-12-7-6-8-13-24/h1,6-19,26,29H,5H2,2-3H3,(H,38,43)(H,39,44)/t19-,26+,29+/m1/s1. The molecule has 3 amide bonds. The average molecular weight is 618 g/mol. The van der Waals surface area contributed by atoms with Crippen LogP contribution in [0.4, 0.5) is 23.4 Å². The molecule has 2 N–H and O–H groups in total. The van der Waals surface area contributed by atoms with Crippen LogP contribution in [0.15, 0.2) is 78.9 Å². The van der Waals surface area contributed by atoms with E-state index in [1.807, 2.05) is 5.92 Å². The van der Waals surface area contributed by atoms with E-state index in [1.165, 1.54) is 35.2 Å². The van der Waals surface area contributed by atoms with E-state index >= 15 is 0 Å². The lowest BCUT2D eigenvalue weighted by atomic mass is 9.80. The Morgan fingerprint density at radius 1 is 1.04 bits per heavy atom. The number of carbonyl (C=O) groups is 3. The van der Waals surface area contributed by atoms with Crippen molar-refractivity contribution in [3.63, 3.8) is 0 Å². The zero-order valence-corrected chi connectivity index (χ0v) is 24.1. The van der Waals surface area contributed by atoms with Crippen LogP contribution in [-0.2, 0) is 15.8 Å². The molecule has 0 unspecified atom stereocenters. The number of terminal acetylenes is 1. The zero-order valence-electron chi connectivity index (χ0n) is 24.1. The van der Waals surface area contributed by atoms with Crippen molar-refractivity contribution in [2.45, 2.75) is 38.0 Å². The highest BCUT2D eigenvalue weighted by atomic mass is 19.4. The van der Waals surface area contributed by atoms with E-state index < -0.39 is 53.3 Å². The topological polar surface area (TPSA) is 96.3 Å². The molecular weight excluding hydrogens is 590 g/mol. The highest BCUT2D eigenvalue weighted by Gasteiger charge is 2.47. The van der Waals surface area contributed by atoms with Gasteiger partial charge in [0.15, 0.2) is 0 Å². The van der Waals surface area contributed by atoms with Crippen molar-refractivity contribution in [2.24, 2.45) is 0 Å². The molecule has 0 fully saturated rings. The third-order valence-corrected chi connectivity index (χ3v) is 7.53. The van der Waals surface area contributed by atoms with Crippen molar-refractivity contribution in [2.75, 3.05) is 11.4 Å². The van der Waals surface area contributed by atoms with E-state index in [4.69, 9.17) is 11.5 Å². The molecule has 3 atom stereocenters. The van der Waals surface area contributed by atoms with Gasteiger partial charge >= 0.3 is 6.18 Å². The lowest BCUT2D eigenvalue weighted by Crippen LogP contribution is -2.55. The van der Waals surface area contributed by atoms with Gasteiger partial charge in [-0.2, -0.15) is 18.3 Å². The molecule has 0 aliphatic carbocycles. The number of nitrogens with one attached hydrogen (secondary N) is 2. The maximum absolute atomic E-state index is 14.3. The number of aromatic nitrogens is 2. The highest BCUT2D eigenvalue weighted by Crippen LogP contribution is 2.45. The summed E-state index contributed by atoms with van der Waals surface area (Å²) in [7, 11) is 0. The monoisotopic (exact) mass is 617 g/mol. The summed E-state index contributed by atoms with van der Waals surface area (Å²) < 4.78 is 56.0. The van der Waals surface area contributed by atoms with Gasteiger partial charge in [-0.1, -0.05) is 36.4 Å². The molecule has 0 saturated heterocycles. The number of anilines is 1. The minimum Gasteiger partial charge on any atom is -0.339 e. The first-order chi connectivity index (χ1) is 21.4. The Hall–Kier alpha value is -5.44. The van der Waals surface area contributed by atoms with Gasteiger partial charge in [-0.3, -0.25) is 19.3 Å². The van der Waals surface area contributed by atoms with E-state index in [1.54, 1.807) is 48.9 Å². The number of hydrogen-bond donors (Lipinski definition) is 2. The number of alkyl halides is 3. The molecule has 1 aromatic heterocycles. The number of fused-ring (bicyclic) bond motifs is 1. The molecule has 2 heterocycles. The zero-order chi connectivity index (χ0) is 32.5. The second kappa shape index (κ2) is 12.3. The number of hydrogen-bond acceptors (Lipinski definition) is 4. The van der Waals surface area contributed by atoms with Gasteiger partial charge in [-0.25, -0.2) is 9.07 Å². The maximum Gasteiger partial charge on any atom is 0.416 e. The van der Waals surface area contributed by atoms with Crippen molar-refractivity contribution < 1.29 is 31.9 Å². The molecule has 0 saturated carbocycles. The van der Waals surface area contributed by atoms with Gasteiger partial charge < -0.3 is 10.6 Å². The summed E-state index contributed by atoms with van der Waals surface area (Å²) in [6.07, 6.45) is 0.609. The summed E-state index contributed by atoms with van der Waals surface area (Å²) in [5.74, 6) is -1.39. The molecular formula is C33H27F4N5O3. The first-order valence-electron chi connectivity index (χ1n) is 13.9. The summed E-state index contributed by atoms with van der Waals surface area (Å²) >= 11 is 0. The van der Waals surface area contributed by atoms with Crippen LogP contribution in [-0.4, -0.2) is 40.1 Å². The smallest absolute Gasteiger partial charge is 0.339 e. The van der Waals surface area contributed by atoms with Crippen molar-refractivity contribution >= 4 is 23.5 Å². The molecule has 12 heteroatoms. The summed E-state index contributed by atoms with van der Waals surface area (Å²) in [5, 5.41) is 10.1. The fourth-order valence-corrected chi connectivity index (χ4v) is 5.49. The predicted molar refractivity (Wildman–Crippen MR) is 158 cm³/mol. The van der Waals surface area contributed by atoms with Gasteiger partial charge in [0.25, 0.3) is 17.7 Å². The molecule has 1 aliphatic rings. The first-order valence-corrected chi connectivity index (χ1v) is 13.9. The minimum atomic E-state index is -4.69. The van der Waals surface area contributed by atoms with Crippen LogP contribution < -0.4 is 15.5 Å². The van der Waals surface area contributed by atoms with Crippen LogP contribution in [0.3, 0.4) is 0 Å². The van der Waals surface area contributed by atoms with Crippen molar-refractivity contribution in [1.29, 1.82) is 0 Å². The van der Waals surface area contributed by atoms with Crippen LogP contribution >= 0.6 is 0 Å². The molecule has 45 heavy (non-hydrogen) atoms. The third kappa shape index (κ3) is 6.02. The predicted octanol–water partition coefficient (Wildman–Crippen LogP) is 5.14. The number of para-hydroxylation sites is 1. The lowest BCUT2D eigenvalue weighted by Gasteiger charge is -2.39. The molecule has 4 aromatic rings. The molecule has 0 bridgehead atoms. The van der Waals surface area contributed by atoms with E-state index in [9.17, 15) is 31.9 Å². The van der Waals surface area contributed by atoms with Crippen molar-refractivity contribution in [3.05, 3.63) is 113 Å². The van der Waals surface area contributed by atoms with Gasteiger partial charge in [0.05, 0.1) is 23.0 Å². The Morgan fingerprint density at radius 3 is 2.36 bits per heavy atom. The molecule has 230 valence electrons. The summed E-state index contributed by atoms with van der Waals surface area (Å²) in [6.45, 7) is 3.50. The Kier molecular flexibility index (Phi) is 8.46. The van der Waals surface area contributed by atoms with Gasteiger partial charge in [0.2, 0.25) is 0 Å². The Labute approximate surface area is 256 Å². The van der Waals surface area contributed by atoms with E-state index in [0.29, 0.717) is 34.4 Å². The fraction of sp³-hybridized carbons (Fsp3) is 0.212. The number of benzene rings is 3. The molecule has 3 aromatic carbocycles. The fourth-order valence-electron chi connectivity index (χ4n) is 5.49. The van der Waals surface area contributed by atoms with Crippen LogP contribution in [0.1, 0.15) is 58.5 Å². The van der Waals surface area contributed by atoms with E-state index in [-0.39, 0.29) is 12.1 Å². The number of likely N-dealkylation sites (N-methyl/N-ethyl adjacent to an activating group) is 1. The average Bonchev–Trinajstić information content (AvgIpc) is 3.42. The lowest BCUT2D eigenvalue weighted by molar-refractivity contribution is -0.137. The first kappa shape index (κ1) is 31.0. The van der Waals surface area contributed by atoms with Crippen LogP contribution in [0.5, 0.6) is 0 Å². The quantitative estimate of drug-likeness (QED) is 0.222. The number of nitrogens with zero attached hydrogens (tertiary/aromatic N) is 3. The van der Waals surface area contributed by atoms with E-state index in [0.717, 1.165) is 12.1 Å². The molecule has 5 rings (SSSR count). The van der Waals surface area contributed by atoms with Crippen molar-refractivity contribution in [3.8, 4) is 18.0 Å². The highest BCUT2D eigenvalue weighted by molar-refractivity contribution is 6.05. The number of halogens is 4. The van der Waals surface area contributed by atoms with Crippen LogP contribution in [0.2, 0.25) is 0 Å². The van der Waals surface area contributed by atoms with Gasteiger partial charge in [-0.15, -0.1) is 6.42 Å². The molecule has 0 radical (unpaired) electrons. The van der Waals surface area contributed by atoms with Gasteiger partial charge in [-0.05, 0) is 67.8 Å². The number of carbonyl (C=O) groups excluding carboxylic acids is 3. The summed E-state index contributed by atoms with van der Waals surface area (Å²) in [6, 6.07) is 15.9. The normalized spacial score (nSPS) is 16.8. The minimum absolute atomic E-state index is 0.126. The number of rotatable bonds is 7. The molecule has 1 aliphatic heterocycles. The Balaban J connectivity index is 1.73. The van der Waals surface area contributed by atoms with Gasteiger partial charge in [0, 0.05) is 23.6 Å². The Bertz CT molecular complexity index is 1800. The van der Waals surface area contributed by atoms with Crippen LogP contribution in [0, 0.1) is 18.2 Å². The second-order valence-electron chi connectivity index (χ2n) is 10.4. The summed E-state index contributed by atoms with van der Waals surface area (Å²) in [4.78, 5) is 41.4. The second-order valence-corrected chi connectivity index (χ2v) is 10.4.